The minimum Gasteiger partial charge on any atom is -0.353 e. The average molecular weight is 75.1 g/mol. The fourth-order valence-electron chi connectivity index (χ4n) is 0.295. The third-order valence-electron chi connectivity index (χ3n) is 0.539. The molecule has 0 aromatic rings. The first-order valence-corrected chi connectivity index (χ1v) is 1.65. The number of hydrogen-bond donors (Lipinski definition) is 0. The largest absolute Gasteiger partial charge is 1.00 e. The van der Waals surface area contributed by atoms with E-state index in [0.29, 0.717) is 6.79 Å². The number of ether oxygens (including phenoxy) is 2. The van der Waals surface area contributed by atoms with Crippen molar-refractivity contribution in [1.82, 2.24) is 0 Å². The van der Waals surface area contributed by atoms with Gasteiger partial charge in [0.05, 0.1) is 13.2 Å². The number of hydrogen-bond acceptors (Lipinski definition) is 2. The van der Waals surface area contributed by atoms with Crippen LogP contribution in [0, 0.1) is 0 Å². The molecule has 0 unspecified atom stereocenters. The molecule has 0 bridgehead atoms. The molecule has 1 aliphatic heterocycles. The quantitative estimate of drug-likeness (QED) is 0.406. The Hall–Kier alpha value is -0.0800. The maximum absolute atomic E-state index is 4.72. The first-order valence-electron chi connectivity index (χ1n) is 1.65. The smallest absolute Gasteiger partial charge is 0.353 e. The normalized spacial score (nSPS) is 24.0. The molecule has 0 aromatic heterocycles. The molecular weight excluding hydrogens is 68.0 g/mol. The van der Waals surface area contributed by atoms with Gasteiger partial charge < -0.3 is 9.47 Å². The fraction of sp³-hybridized carbons (Fsp3) is 1.00. The molecule has 0 aliphatic carbocycles. The third-order valence-corrected chi connectivity index (χ3v) is 0.539. The van der Waals surface area contributed by atoms with E-state index in [1.807, 2.05) is 0 Å². The monoisotopic (exact) mass is 75.0 g/mol. The molecule has 1 rings (SSSR count). The van der Waals surface area contributed by atoms with Gasteiger partial charge in [-0.3, -0.25) is 0 Å². The lowest BCUT2D eigenvalue weighted by molar-refractivity contribution is 0.0692. The lowest BCUT2D eigenvalue weighted by Crippen LogP contribution is -1.79. The van der Waals surface area contributed by atoms with Gasteiger partial charge in [0.2, 0.25) is 0 Å². The minimum atomic E-state index is 0. The predicted octanol–water partition coefficient (Wildman–Crippen LogP) is 0.103. The topological polar surface area (TPSA) is 18.5 Å². The zero-order chi connectivity index (χ0) is 3.54. The van der Waals surface area contributed by atoms with Crippen molar-refractivity contribution in [2.75, 3.05) is 20.0 Å². The van der Waals surface area contributed by atoms with E-state index in [4.69, 9.17) is 9.47 Å². The van der Waals surface area contributed by atoms with Crippen LogP contribution in [0.3, 0.4) is 0 Å². The van der Waals surface area contributed by atoms with Crippen LogP contribution in [0.4, 0.5) is 0 Å². The first kappa shape index (κ1) is 3.12. The van der Waals surface area contributed by atoms with Crippen LogP contribution in [0.25, 0.3) is 0 Å². The third kappa shape index (κ3) is 0.597. The van der Waals surface area contributed by atoms with Crippen molar-refractivity contribution in [2.45, 2.75) is 0 Å². The molecule has 1 fully saturated rings. The first-order chi connectivity index (χ1) is 2.50. The van der Waals surface area contributed by atoms with Gasteiger partial charge >= 0.3 is 1.43 Å². The van der Waals surface area contributed by atoms with Crippen molar-refractivity contribution >= 4 is 0 Å². The van der Waals surface area contributed by atoms with Gasteiger partial charge in [-0.2, -0.15) is 0 Å². The molecule has 0 amide bonds. The highest BCUT2D eigenvalue weighted by molar-refractivity contribution is 4.28. The van der Waals surface area contributed by atoms with E-state index in [2.05, 4.69) is 0 Å². The Morgan fingerprint density at radius 2 is 1.80 bits per heavy atom. The zero-order valence-corrected chi connectivity index (χ0v) is 2.94. The zero-order valence-electron chi connectivity index (χ0n) is 3.94. The Kier molecular flexibility index (Phi) is 0.862. The number of rotatable bonds is 0. The molecule has 0 saturated carbocycles. The summed E-state index contributed by atoms with van der Waals surface area (Å²) in [6.07, 6.45) is 0. The molecule has 1 aliphatic rings. The van der Waals surface area contributed by atoms with E-state index < -0.39 is 0 Å². The lowest BCUT2D eigenvalue weighted by Gasteiger charge is -1.76. The maximum atomic E-state index is 4.72. The molecule has 0 radical (unpaired) electrons. The Morgan fingerprint density at radius 3 is 2.00 bits per heavy atom. The fourth-order valence-corrected chi connectivity index (χ4v) is 0.295. The molecule has 0 spiro atoms. The minimum absolute atomic E-state index is 0. The second-order valence-corrected chi connectivity index (χ2v) is 0.934. The van der Waals surface area contributed by atoms with Crippen molar-refractivity contribution in [3.05, 3.63) is 0 Å². The molecule has 5 heavy (non-hydrogen) atoms. The summed E-state index contributed by atoms with van der Waals surface area (Å²) in [6.45, 7) is 2.06. The summed E-state index contributed by atoms with van der Waals surface area (Å²) in [7, 11) is 0. The Balaban J connectivity index is 0.000000250. The van der Waals surface area contributed by atoms with Crippen LogP contribution in [0.1, 0.15) is 1.43 Å². The summed E-state index contributed by atoms with van der Waals surface area (Å²) in [5, 5.41) is 0. The van der Waals surface area contributed by atoms with Gasteiger partial charge in [-0.25, -0.2) is 0 Å². The van der Waals surface area contributed by atoms with Crippen molar-refractivity contribution < 1.29 is 10.9 Å². The van der Waals surface area contributed by atoms with E-state index >= 15 is 0 Å². The summed E-state index contributed by atoms with van der Waals surface area (Å²) in [5.41, 5.74) is 0. The van der Waals surface area contributed by atoms with Gasteiger partial charge in [-0.05, 0) is 0 Å². The van der Waals surface area contributed by atoms with Crippen molar-refractivity contribution in [3.8, 4) is 0 Å². The second kappa shape index (κ2) is 1.38. The van der Waals surface area contributed by atoms with Crippen LogP contribution in [0.15, 0.2) is 0 Å². The van der Waals surface area contributed by atoms with Gasteiger partial charge in [0.1, 0.15) is 6.79 Å². The average Bonchev–Trinajstić information content (AvgIpc) is 1.76. The highest BCUT2D eigenvalue weighted by Gasteiger charge is 1.93. The summed E-state index contributed by atoms with van der Waals surface area (Å²) in [6, 6.07) is 0. The maximum Gasteiger partial charge on any atom is 1.00 e. The van der Waals surface area contributed by atoms with Crippen LogP contribution in [0.2, 0.25) is 0 Å². The van der Waals surface area contributed by atoms with Crippen LogP contribution in [-0.4, -0.2) is 20.0 Å². The van der Waals surface area contributed by atoms with Crippen molar-refractivity contribution in [1.29, 1.82) is 0 Å². The van der Waals surface area contributed by atoms with Crippen molar-refractivity contribution in [2.24, 2.45) is 0 Å². The Bertz CT molecular complexity index is 20.4. The van der Waals surface area contributed by atoms with Crippen LogP contribution >= 0.6 is 0 Å². The molecule has 0 aromatic carbocycles. The lowest BCUT2D eigenvalue weighted by atomic mass is 10.8. The predicted molar refractivity (Wildman–Crippen MR) is 17.9 cm³/mol. The van der Waals surface area contributed by atoms with Gasteiger partial charge in [-0.1, -0.05) is 0 Å². The summed E-state index contributed by atoms with van der Waals surface area (Å²) < 4.78 is 9.44. The van der Waals surface area contributed by atoms with Gasteiger partial charge in [0.15, 0.2) is 0 Å². The second-order valence-electron chi connectivity index (χ2n) is 0.934. The standard InChI is InChI=1S/C3H6O2/c1-2-5-3-4-1/h1-3H2/p+1. The van der Waals surface area contributed by atoms with Crippen LogP contribution in [-0.2, 0) is 9.47 Å². The SMILES string of the molecule is C1COCO1.[H+]. The summed E-state index contributed by atoms with van der Waals surface area (Å²) >= 11 is 0. The van der Waals surface area contributed by atoms with Gasteiger partial charge in [0, 0.05) is 0 Å². The summed E-state index contributed by atoms with van der Waals surface area (Å²) in [4.78, 5) is 0. The van der Waals surface area contributed by atoms with Crippen molar-refractivity contribution in [3.63, 3.8) is 0 Å². The van der Waals surface area contributed by atoms with Gasteiger partial charge in [-0.15, -0.1) is 0 Å². The van der Waals surface area contributed by atoms with Gasteiger partial charge in [0.25, 0.3) is 0 Å². The molecule has 0 atom stereocenters. The summed E-state index contributed by atoms with van der Waals surface area (Å²) in [5.74, 6) is 0. The highest BCUT2D eigenvalue weighted by atomic mass is 16.7. The van der Waals surface area contributed by atoms with Crippen LogP contribution in [0.5, 0.6) is 0 Å². The Labute approximate surface area is 32.2 Å². The molecular formula is C3H7O2+. The van der Waals surface area contributed by atoms with E-state index in [9.17, 15) is 0 Å². The Morgan fingerprint density at radius 1 is 1.20 bits per heavy atom. The highest BCUT2D eigenvalue weighted by Crippen LogP contribution is 1.85. The van der Waals surface area contributed by atoms with E-state index in [1.165, 1.54) is 0 Å². The van der Waals surface area contributed by atoms with E-state index in [1.54, 1.807) is 0 Å². The molecule has 1 saturated heterocycles. The molecule has 30 valence electrons. The van der Waals surface area contributed by atoms with E-state index in [-0.39, 0.29) is 1.43 Å². The molecule has 2 nitrogen and oxygen atoms in total. The van der Waals surface area contributed by atoms with Crippen LogP contribution < -0.4 is 0 Å². The van der Waals surface area contributed by atoms with E-state index in [0.717, 1.165) is 13.2 Å². The molecule has 2 heteroatoms. The molecule has 0 N–H and O–H groups in total. The molecule has 1 heterocycles.